The van der Waals surface area contributed by atoms with E-state index in [1.54, 1.807) is 18.5 Å². The normalized spacial score (nSPS) is 15.7. The van der Waals surface area contributed by atoms with E-state index in [2.05, 4.69) is 15.3 Å². The second-order valence-corrected chi connectivity index (χ2v) is 9.80. The van der Waals surface area contributed by atoms with Crippen molar-refractivity contribution in [3.63, 3.8) is 0 Å². The van der Waals surface area contributed by atoms with Gasteiger partial charge >= 0.3 is 0 Å². The van der Waals surface area contributed by atoms with Crippen LogP contribution in [0.25, 0.3) is 10.2 Å². The molecule has 1 unspecified atom stereocenters. The minimum absolute atomic E-state index is 0.0188. The third kappa shape index (κ3) is 3.93. The fourth-order valence-corrected chi connectivity index (χ4v) is 5.69. The number of aromatic nitrogens is 4. The molecule has 0 aliphatic heterocycles. The SMILES string of the molecule is Cc1sc2nc(SC(C)C(=O)Nc3ncccn3)n(C3CCCC3)c(=O)c2c1C. The molecule has 0 bridgehead atoms. The summed E-state index contributed by atoms with van der Waals surface area (Å²) in [4.78, 5) is 40.8. The van der Waals surface area contributed by atoms with Gasteiger partial charge in [-0.15, -0.1) is 11.3 Å². The molecule has 1 aliphatic carbocycles. The summed E-state index contributed by atoms with van der Waals surface area (Å²) in [5.41, 5.74) is 1.03. The maximum absolute atomic E-state index is 13.4. The molecule has 3 aromatic heterocycles. The van der Waals surface area contributed by atoms with E-state index >= 15 is 0 Å². The zero-order chi connectivity index (χ0) is 20.5. The molecule has 0 saturated heterocycles. The minimum atomic E-state index is -0.446. The van der Waals surface area contributed by atoms with Crippen LogP contribution in [0.3, 0.4) is 0 Å². The van der Waals surface area contributed by atoms with Crippen LogP contribution in [0.5, 0.6) is 0 Å². The highest BCUT2D eigenvalue weighted by Gasteiger charge is 2.27. The van der Waals surface area contributed by atoms with Gasteiger partial charge in [-0.2, -0.15) is 0 Å². The second kappa shape index (κ2) is 8.23. The third-order valence-corrected chi connectivity index (χ3v) is 7.51. The number of nitrogens with zero attached hydrogens (tertiary/aromatic N) is 4. The lowest BCUT2D eigenvalue weighted by Gasteiger charge is -2.19. The Bertz CT molecular complexity index is 1100. The van der Waals surface area contributed by atoms with Crippen molar-refractivity contribution in [2.24, 2.45) is 0 Å². The first-order chi connectivity index (χ1) is 14.0. The van der Waals surface area contributed by atoms with Crippen molar-refractivity contribution in [3.05, 3.63) is 39.3 Å². The average Bonchev–Trinajstić information content (AvgIpc) is 3.31. The summed E-state index contributed by atoms with van der Waals surface area (Å²) in [6.45, 7) is 5.81. The monoisotopic (exact) mass is 429 g/mol. The van der Waals surface area contributed by atoms with E-state index in [9.17, 15) is 9.59 Å². The molecule has 4 rings (SSSR count). The van der Waals surface area contributed by atoms with Gasteiger partial charge < -0.3 is 0 Å². The largest absolute Gasteiger partial charge is 0.294 e. The number of carbonyl (C=O) groups excluding carboxylic acids is 1. The Kier molecular flexibility index (Phi) is 5.69. The van der Waals surface area contributed by atoms with Gasteiger partial charge in [0.1, 0.15) is 4.83 Å². The lowest BCUT2D eigenvalue weighted by atomic mass is 10.2. The molecule has 1 N–H and O–H groups in total. The number of hydrogen-bond acceptors (Lipinski definition) is 7. The van der Waals surface area contributed by atoms with Crippen molar-refractivity contribution in [2.75, 3.05) is 5.32 Å². The summed E-state index contributed by atoms with van der Waals surface area (Å²) in [6, 6.07) is 1.84. The number of nitrogens with one attached hydrogen (secondary N) is 1. The summed E-state index contributed by atoms with van der Waals surface area (Å²) >= 11 is 2.86. The number of fused-ring (bicyclic) bond motifs is 1. The van der Waals surface area contributed by atoms with E-state index in [1.165, 1.54) is 23.1 Å². The molecular weight excluding hydrogens is 406 g/mol. The Morgan fingerprint density at radius 3 is 2.66 bits per heavy atom. The minimum Gasteiger partial charge on any atom is -0.294 e. The zero-order valence-corrected chi connectivity index (χ0v) is 18.3. The number of thiophene rings is 1. The van der Waals surface area contributed by atoms with Gasteiger partial charge in [-0.3, -0.25) is 19.5 Å². The molecule has 0 aromatic carbocycles. The molecular formula is C20H23N5O2S2. The number of hydrogen-bond donors (Lipinski definition) is 1. The molecule has 9 heteroatoms. The Hall–Kier alpha value is -2.26. The Morgan fingerprint density at radius 2 is 1.97 bits per heavy atom. The Morgan fingerprint density at radius 1 is 1.28 bits per heavy atom. The van der Waals surface area contributed by atoms with Crippen molar-refractivity contribution in [1.82, 2.24) is 19.5 Å². The molecule has 0 radical (unpaired) electrons. The van der Waals surface area contributed by atoms with Gasteiger partial charge in [-0.25, -0.2) is 15.0 Å². The Balaban J connectivity index is 1.69. The highest BCUT2D eigenvalue weighted by atomic mass is 32.2. The van der Waals surface area contributed by atoms with Crippen LogP contribution >= 0.6 is 23.1 Å². The van der Waals surface area contributed by atoms with Crippen LogP contribution in [-0.2, 0) is 4.79 Å². The van der Waals surface area contributed by atoms with E-state index in [1.807, 2.05) is 25.3 Å². The zero-order valence-electron chi connectivity index (χ0n) is 16.6. The molecule has 1 fully saturated rings. The molecule has 7 nitrogen and oxygen atoms in total. The fraction of sp³-hybridized carbons (Fsp3) is 0.450. The van der Waals surface area contributed by atoms with Crippen molar-refractivity contribution in [1.29, 1.82) is 0 Å². The van der Waals surface area contributed by atoms with E-state index < -0.39 is 5.25 Å². The van der Waals surface area contributed by atoms with Crippen LogP contribution in [0.4, 0.5) is 5.95 Å². The third-order valence-electron chi connectivity index (χ3n) is 5.34. The average molecular weight is 430 g/mol. The van der Waals surface area contributed by atoms with E-state index in [4.69, 9.17) is 4.98 Å². The number of carbonyl (C=O) groups is 1. The van der Waals surface area contributed by atoms with Gasteiger partial charge in [0.2, 0.25) is 11.9 Å². The van der Waals surface area contributed by atoms with Crippen LogP contribution in [-0.4, -0.2) is 30.7 Å². The predicted octanol–water partition coefficient (Wildman–Crippen LogP) is 4.10. The van der Waals surface area contributed by atoms with Crippen LogP contribution in [0, 0.1) is 13.8 Å². The molecule has 1 saturated carbocycles. The van der Waals surface area contributed by atoms with Crippen LogP contribution in [0.15, 0.2) is 28.4 Å². The molecule has 3 heterocycles. The smallest absolute Gasteiger partial charge is 0.263 e. The lowest BCUT2D eigenvalue weighted by molar-refractivity contribution is -0.115. The van der Waals surface area contributed by atoms with Crippen molar-refractivity contribution >= 4 is 45.2 Å². The highest BCUT2D eigenvalue weighted by molar-refractivity contribution is 8.00. The molecule has 1 amide bonds. The van der Waals surface area contributed by atoms with E-state index in [-0.39, 0.29) is 23.5 Å². The number of anilines is 1. The fourth-order valence-electron chi connectivity index (χ4n) is 3.64. The quantitative estimate of drug-likeness (QED) is 0.485. The van der Waals surface area contributed by atoms with Crippen molar-refractivity contribution in [3.8, 4) is 0 Å². The van der Waals surface area contributed by atoms with Crippen LogP contribution < -0.4 is 10.9 Å². The molecule has 3 aromatic rings. The van der Waals surface area contributed by atoms with Gasteiger partial charge in [0.25, 0.3) is 5.56 Å². The summed E-state index contributed by atoms with van der Waals surface area (Å²) in [5.74, 6) is 0.0538. The second-order valence-electron chi connectivity index (χ2n) is 7.29. The lowest BCUT2D eigenvalue weighted by Crippen LogP contribution is -2.29. The number of thioether (sulfide) groups is 1. The Labute approximate surface area is 177 Å². The number of aryl methyl sites for hydroxylation is 2. The van der Waals surface area contributed by atoms with Gasteiger partial charge in [0.15, 0.2) is 5.16 Å². The summed E-state index contributed by atoms with van der Waals surface area (Å²) < 4.78 is 1.84. The maximum atomic E-state index is 13.4. The first-order valence-electron chi connectivity index (χ1n) is 9.72. The van der Waals surface area contributed by atoms with Gasteiger partial charge in [0, 0.05) is 23.3 Å². The van der Waals surface area contributed by atoms with Crippen LogP contribution in [0.1, 0.15) is 49.1 Å². The van der Waals surface area contributed by atoms with E-state index in [0.717, 1.165) is 46.3 Å². The number of rotatable bonds is 5. The summed E-state index contributed by atoms with van der Waals surface area (Å²) in [5, 5.41) is 3.61. The highest BCUT2D eigenvalue weighted by Crippen LogP contribution is 2.35. The summed E-state index contributed by atoms with van der Waals surface area (Å²) in [7, 11) is 0. The molecule has 1 atom stereocenters. The molecule has 1 aliphatic rings. The molecule has 29 heavy (non-hydrogen) atoms. The van der Waals surface area contributed by atoms with Crippen molar-refractivity contribution in [2.45, 2.75) is 62.9 Å². The van der Waals surface area contributed by atoms with E-state index in [0.29, 0.717) is 5.16 Å². The molecule has 0 spiro atoms. The standard InChI is InChI=1S/C20H23N5O2S2/c1-11-12(2)28-17-15(11)18(27)25(14-7-4-5-8-14)20(24-17)29-13(3)16(26)23-19-21-9-6-10-22-19/h6,9-10,13-14H,4-5,7-8H2,1-3H3,(H,21,22,23,26). The van der Waals surface area contributed by atoms with Gasteiger partial charge in [-0.05, 0) is 45.2 Å². The number of amides is 1. The van der Waals surface area contributed by atoms with Gasteiger partial charge in [0.05, 0.1) is 10.6 Å². The van der Waals surface area contributed by atoms with Gasteiger partial charge in [-0.1, -0.05) is 24.6 Å². The first kappa shape index (κ1) is 20.0. The van der Waals surface area contributed by atoms with Crippen LogP contribution in [0.2, 0.25) is 0 Å². The van der Waals surface area contributed by atoms with Crippen molar-refractivity contribution < 1.29 is 4.79 Å². The maximum Gasteiger partial charge on any atom is 0.263 e. The topological polar surface area (TPSA) is 89.8 Å². The molecule has 152 valence electrons. The predicted molar refractivity (Wildman–Crippen MR) is 117 cm³/mol. The summed E-state index contributed by atoms with van der Waals surface area (Å²) in [6.07, 6.45) is 7.33. The first-order valence-corrected chi connectivity index (χ1v) is 11.4.